The maximum absolute atomic E-state index is 12.9. The molecule has 0 unspecified atom stereocenters. The lowest BCUT2D eigenvalue weighted by Crippen LogP contribution is -2.19. The largest absolute Gasteiger partial charge is 0.497 e. The van der Waals surface area contributed by atoms with Crippen LogP contribution in [0.3, 0.4) is 0 Å². The van der Waals surface area contributed by atoms with Crippen molar-refractivity contribution in [2.45, 2.75) is 0 Å². The highest BCUT2D eigenvalue weighted by atomic mass is 32.1. The van der Waals surface area contributed by atoms with E-state index in [1.807, 2.05) is 0 Å². The van der Waals surface area contributed by atoms with Crippen LogP contribution in [-0.2, 0) is 0 Å². The van der Waals surface area contributed by atoms with Crippen LogP contribution >= 0.6 is 11.3 Å². The van der Waals surface area contributed by atoms with Crippen LogP contribution in [0.15, 0.2) is 41.6 Å². The van der Waals surface area contributed by atoms with E-state index in [0.717, 1.165) is 21.4 Å². The standard InChI is InChI=1S/C16H13N5O2S/c1-17-14-12-11-7-20-21(9-3-5-10(23-2)6-4-9)16(22)13(11)24-15(12)19-8-18-14/h3-8H,1-2H3,(H,17,18,19). The second-order valence-corrected chi connectivity index (χ2v) is 6.06. The minimum atomic E-state index is -0.178. The molecule has 24 heavy (non-hydrogen) atoms. The van der Waals surface area contributed by atoms with Crippen molar-refractivity contribution in [3.05, 3.63) is 47.1 Å². The van der Waals surface area contributed by atoms with E-state index >= 15 is 0 Å². The number of nitrogens with zero attached hydrogens (tertiary/aromatic N) is 4. The van der Waals surface area contributed by atoms with Crippen molar-refractivity contribution >= 4 is 37.5 Å². The van der Waals surface area contributed by atoms with Gasteiger partial charge in [-0.05, 0) is 24.3 Å². The average Bonchev–Trinajstić information content (AvgIpc) is 3.02. The third kappa shape index (κ3) is 2.11. The number of ether oxygens (including phenoxy) is 1. The Bertz CT molecular complexity index is 1100. The molecular weight excluding hydrogens is 326 g/mol. The highest BCUT2D eigenvalue weighted by Gasteiger charge is 2.15. The minimum Gasteiger partial charge on any atom is -0.497 e. The Labute approximate surface area is 140 Å². The fraction of sp³-hybridized carbons (Fsp3) is 0.125. The molecule has 8 heteroatoms. The number of anilines is 1. The molecule has 7 nitrogen and oxygen atoms in total. The zero-order valence-electron chi connectivity index (χ0n) is 13.0. The molecule has 1 aromatic carbocycles. The summed E-state index contributed by atoms with van der Waals surface area (Å²) >= 11 is 1.35. The summed E-state index contributed by atoms with van der Waals surface area (Å²) in [7, 11) is 3.39. The van der Waals surface area contributed by atoms with E-state index in [1.54, 1.807) is 44.6 Å². The summed E-state index contributed by atoms with van der Waals surface area (Å²) < 4.78 is 7.13. The van der Waals surface area contributed by atoms with Crippen LogP contribution in [0.4, 0.5) is 5.82 Å². The number of nitrogens with one attached hydrogen (secondary N) is 1. The van der Waals surface area contributed by atoms with Gasteiger partial charge in [-0.2, -0.15) is 9.78 Å². The van der Waals surface area contributed by atoms with E-state index in [-0.39, 0.29) is 5.56 Å². The quantitative estimate of drug-likeness (QED) is 0.617. The van der Waals surface area contributed by atoms with E-state index in [4.69, 9.17) is 4.74 Å². The molecule has 3 aromatic heterocycles. The van der Waals surface area contributed by atoms with Gasteiger partial charge in [-0.25, -0.2) is 9.97 Å². The molecule has 1 N–H and O–H groups in total. The monoisotopic (exact) mass is 339 g/mol. The van der Waals surface area contributed by atoms with Gasteiger partial charge in [0.1, 0.15) is 27.4 Å². The summed E-state index contributed by atoms with van der Waals surface area (Å²) in [5.41, 5.74) is 0.503. The molecule has 4 rings (SSSR count). The summed E-state index contributed by atoms with van der Waals surface area (Å²) in [6.07, 6.45) is 3.17. The molecule has 120 valence electrons. The number of hydrogen-bond donors (Lipinski definition) is 1. The Kier molecular flexibility index (Phi) is 3.39. The number of benzene rings is 1. The van der Waals surface area contributed by atoms with Crippen molar-refractivity contribution in [1.82, 2.24) is 19.7 Å². The first kappa shape index (κ1) is 14.6. The number of methoxy groups -OCH3 is 1. The lowest BCUT2D eigenvalue weighted by molar-refractivity contribution is 0.414. The summed E-state index contributed by atoms with van der Waals surface area (Å²) in [4.78, 5) is 22.1. The number of thiophene rings is 1. The number of fused-ring (bicyclic) bond motifs is 3. The first-order valence-electron chi connectivity index (χ1n) is 7.20. The first-order valence-corrected chi connectivity index (χ1v) is 8.02. The molecule has 0 aliphatic heterocycles. The third-order valence-corrected chi connectivity index (χ3v) is 4.87. The van der Waals surface area contributed by atoms with Crippen LogP contribution in [0.2, 0.25) is 0 Å². The predicted octanol–water partition coefficient (Wildman–Crippen LogP) is 2.44. The molecule has 0 bridgehead atoms. The van der Waals surface area contributed by atoms with Gasteiger partial charge in [0.25, 0.3) is 5.56 Å². The Morgan fingerprint density at radius 2 is 2.00 bits per heavy atom. The van der Waals surface area contributed by atoms with Gasteiger partial charge in [-0.15, -0.1) is 11.3 Å². The van der Waals surface area contributed by atoms with Crippen LogP contribution in [0.1, 0.15) is 0 Å². The lowest BCUT2D eigenvalue weighted by Gasteiger charge is -2.05. The second-order valence-electron chi connectivity index (χ2n) is 5.06. The molecule has 0 aliphatic carbocycles. The van der Waals surface area contributed by atoms with Gasteiger partial charge < -0.3 is 10.1 Å². The van der Waals surface area contributed by atoms with E-state index < -0.39 is 0 Å². The third-order valence-electron chi connectivity index (χ3n) is 3.77. The molecule has 4 aromatic rings. The normalized spacial score (nSPS) is 11.1. The smallest absolute Gasteiger partial charge is 0.289 e. The summed E-state index contributed by atoms with van der Waals surface area (Å²) in [5.74, 6) is 1.42. The Morgan fingerprint density at radius 1 is 1.21 bits per heavy atom. The minimum absolute atomic E-state index is 0.178. The molecule has 0 saturated carbocycles. The van der Waals surface area contributed by atoms with Crippen molar-refractivity contribution in [2.75, 3.05) is 19.5 Å². The van der Waals surface area contributed by atoms with Gasteiger partial charge in [0.2, 0.25) is 0 Å². The van der Waals surface area contributed by atoms with E-state index in [1.165, 1.54) is 22.3 Å². The van der Waals surface area contributed by atoms with Gasteiger partial charge in [0.15, 0.2) is 0 Å². The molecule has 3 heterocycles. The zero-order valence-corrected chi connectivity index (χ0v) is 13.8. The maximum atomic E-state index is 12.9. The van der Waals surface area contributed by atoms with Crippen molar-refractivity contribution in [1.29, 1.82) is 0 Å². The zero-order chi connectivity index (χ0) is 16.7. The second kappa shape index (κ2) is 5.57. The Morgan fingerprint density at radius 3 is 2.71 bits per heavy atom. The summed E-state index contributed by atoms with van der Waals surface area (Å²) in [6.45, 7) is 0. The van der Waals surface area contributed by atoms with Crippen molar-refractivity contribution in [3.63, 3.8) is 0 Å². The molecule has 0 fully saturated rings. The van der Waals surface area contributed by atoms with Gasteiger partial charge in [-0.3, -0.25) is 4.79 Å². The maximum Gasteiger partial charge on any atom is 0.289 e. The molecule has 0 saturated heterocycles. The number of rotatable bonds is 3. The Hall–Kier alpha value is -3.00. The molecule has 0 atom stereocenters. The topological polar surface area (TPSA) is 81.9 Å². The van der Waals surface area contributed by atoms with Gasteiger partial charge in [0, 0.05) is 12.4 Å². The van der Waals surface area contributed by atoms with Gasteiger partial charge in [-0.1, -0.05) is 0 Å². The van der Waals surface area contributed by atoms with Crippen LogP contribution in [0.5, 0.6) is 5.75 Å². The van der Waals surface area contributed by atoms with Gasteiger partial charge in [0.05, 0.1) is 24.4 Å². The van der Waals surface area contributed by atoms with E-state index in [9.17, 15) is 4.79 Å². The molecule has 0 amide bonds. The molecular formula is C16H13N5O2S. The number of hydrogen-bond acceptors (Lipinski definition) is 7. The molecule has 0 spiro atoms. The van der Waals surface area contributed by atoms with Crippen LogP contribution in [0.25, 0.3) is 26.0 Å². The number of aromatic nitrogens is 4. The van der Waals surface area contributed by atoms with Crippen molar-refractivity contribution in [3.8, 4) is 11.4 Å². The average molecular weight is 339 g/mol. The summed E-state index contributed by atoms with van der Waals surface area (Å²) in [6, 6.07) is 7.18. The van der Waals surface area contributed by atoms with E-state index in [2.05, 4.69) is 20.4 Å². The predicted molar refractivity (Wildman–Crippen MR) is 94.4 cm³/mol. The summed E-state index contributed by atoms with van der Waals surface area (Å²) in [5, 5.41) is 8.93. The highest BCUT2D eigenvalue weighted by molar-refractivity contribution is 7.25. The SMILES string of the molecule is CNc1ncnc2sc3c(=O)n(-c4ccc(OC)cc4)ncc3c12. The molecule has 0 aliphatic rings. The lowest BCUT2D eigenvalue weighted by atomic mass is 10.2. The first-order chi connectivity index (χ1) is 11.7. The fourth-order valence-electron chi connectivity index (χ4n) is 2.60. The van der Waals surface area contributed by atoms with Crippen molar-refractivity contribution < 1.29 is 4.74 Å². The highest BCUT2D eigenvalue weighted by Crippen LogP contribution is 2.33. The van der Waals surface area contributed by atoms with Crippen LogP contribution < -0.4 is 15.6 Å². The molecule has 0 radical (unpaired) electrons. The Balaban J connectivity index is 1.98. The fourth-order valence-corrected chi connectivity index (χ4v) is 3.64. The van der Waals surface area contributed by atoms with E-state index in [0.29, 0.717) is 16.2 Å². The van der Waals surface area contributed by atoms with Crippen molar-refractivity contribution in [2.24, 2.45) is 0 Å². The van der Waals surface area contributed by atoms with Crippen LogP contribution in [-0.4, -0.2) is 33.9 Å². The van der Waals surface area contributed by atoms with Gasteiger partial charge >= 0.3 is 0 Å². The van der Waals surface area contributed by atoms with Crippen LogP contribution in [0, 0.1) is 0 Å².